The van der Waals surface area contributed by atoms with Crippen molar-refractivity contribution < 1.29 is 4.79 Å². The molecule has 0 saturated heterocycles. The van der Waals surface area contributed by atoms with E-state index in [2.05, 4.69) is 27.4 Å². The summed E-state index contributed by atoms with van der Waals surface area (Å²) in [5.74, 6) is 0.192. The van der Waals surface area contributed by atoms with Crippen LogP contribution in [0.25, 0.3) is 0 Å². The molecule has 1 aliphatic heterocycles. The number of rotatable bonds is 1. The molecule has 0 N–H and O–H groups in total. The summed E-state index contributed by atoms with van der Waals surface area (Å²) in [4.78, 5) is 14.7. The molecule has 1 amide bonds. The van der Waals surface area contributed by atoms with Gasteiger partial charge in [-0.05, 0) is 23.4 Å². The molecule has 2 nitrogen and oxygen atoms in total. The molecule has 4 heteroatoms. The van der Waals surface area contributed by atoms with Crippen molar-refractivity contribution in [2.75, 3.05) is 11.9 Å². The van der Waals surface area contributed by atoms with E-state index in [-0.39, 0.29) is 5.91 Å². The van der Waals surface area contributed by atoms with Gasteiger partial charge in [-0.2, -0.15) is 0 Å². The Morgan fingerprint density at radius 1 is 1.69 bits per heavy atom. The maximum absolute atomic E-state index is 11.4. The zero-order chi connectivity index (χ0) is 9.26. The third kappa shape index (κ3) is 1.79. The Kier molecular flexibility index (Phi) is 2.69. The number of alkyl halides is 1. The quantitative estimate of drug-likeness (QED) is 0.707. The van der Waals surface area contributed by atoms with E-state index < -0.39 is 0 Å². The van der Waals surface area contributed by atoms with Crippen LogP contribution in [0.2, 0.25) is 0 Å². The highest BCUT2D eigenvalue weighted by atomic mass is 79.9. The van der Waals surface area contributed by atoms with E-state index >= 15 is 0 Å². The molecule has 0 aromatic carbocycles. The number of nitrogens with zero attached hydrogens (tertiary/aromatic N) is 1. The molecular formula is C9H10BrNOS. The third-order valence-corrected chi connectivity index (χ3v) is 3.78. The van der Waals surface area contributed by atoms with Gasteiger partial charge in [0.15, 0.2) is 0 Å². The molecule has 0 saturated carbocycles. The molecule has 2 heterocycles. The molecule has 0 spiro atoms. The summed E-state index contributed by atoms with van der Waals surface area (Å²) in [7, 11) is 0. The predicted octanol–water partition coefficient (Wildman–Crippen LogP) is 2.03. The summed E-state index contributed by atoms with van der Waals surface area (Å²) in [6.07, 6.45) is 1.02. The van der Waals surface area contributed by atoms with Gasteiger partial charge in [-0.1, -0.05) is 15.9 Å². The first kappa shape index (κ1) is 9.21. The van der Waals surface area contributed by atoms with Crippen LogP contribution < -0.4 is 0 Å². The molecule has 2 rings (SSSR count). The van der Waals surface area contributed by atoms with Crippen molar-refractivity contribution >= 4 is 33.2 Å². The summed E-state index contributed by atoms with van der Waals surface area (Å²) < 4.78 is 0. The number of halogens is 1. The first-order chi connectivity index (χ1) is 6.31. The smallest absolute Gasteiger partial charge is 0.233 e. The number of carbonyl (C=O) groups excluding carboxylic acids is 1. The van der Waals surface area contributed by atoms with Crippen LogP contribution in [-0.4, -0.2) is 22.7 Å². The van der Waals surface area contributed by atoms with Gasteiger partial charge in [0.05, 0.1) is 5.33 Å². The number of thiophene rings is 1. The van der Waals surface area contributed by atoms with Gasteiger partial charge in [0.1, 0.15) is 0 Å². The fourth-order valence-corrected chi connectivity index (χ4v) is 2.79. The van der Waals surface area contributed by atoms with Gasteiger partial charge in [0.2, 0.25) is 5.91 Å². The molecule has 0 unspecified atom stereocenters. The van der Waals surface area contributed by atoms with Crippen molar-refractivity contribution in [2.24, 2.45) is 0 Å². The maximum Gasteiger partial charge on any atom is 0.233 e. The van der Waals surface area contributed by atoms with Crippen molar-refractivity contribution in [1.29, 1.82) is 0 Å². The van der Waals surface area contributed by atoms with Crippen molar-refractivity contribution in [1.82, 2.24) is 4.90 Å². The second-order valence-corrected chi connectivity index (χ2v) is 4.63. The van der Waals surface area contributed by atoms with Crippen molar-refractivity contribution in [3.63, 3.8) is 0 Å². The minimum Gasteiger partial charge on any atom is -0.337 e. The van der Waals surface area contributed by atoms with Gasteiger partial charge in [-0.25, -0.2) is 0 Å². The Morgan fingerprint density at radius 3 is 3.31 bits per heavy atom. The van der Waals surface area contributed by atoms with Crippen LogP contribution >= 0.6 is 27.3 Å². The first-order valence-corrected chi connectivity index (χ1v) is 6.20. The van der Waals surface area contributed by atoms with E-state index in [0.717, 1.165) is 19.5 Å². The van der Waals surface area contributed by atoms with Crippen molar-refractivity contribution in [3.8, 4) is 0 Å². The highest BCUT2D eigenvalue weighted by molar-refractivity contribution is 9.09. The van der Waals surface area contributed by atoms with Gasteiger partial charge in [-0.15, -0.1) is 11.3 Å². The Bertz CT molecular complexity index is 323. The summed E-state index contributed by atoms with van der Waals surface area (Å²) in [5.41, 5.74) is 1.32. The van der Waals surface area contributed by atoms with Gasteiger partial charge >= 0.3 is 0 Å². The van der Waals surface area contributed by atoms with Crippen LogP contribution in [0.15, 0.2) is 11.4 Å². The van der Waals surface area contributed by atoms with Gasteiger partial charge in [0.25, 0.3) is 0 Å². The molecule has 0 aliphatic carbocycles. The Morgan fingerprint density at radius 2 is 2.54 bits per heavy atom. The third-order valence-electron chi connectivity index (χ3n) is 2.27. The normalized spacial score (nSPS) is 15.6. The summed E-state index contributed by atoms with van der Waals surface area (Å²) in [6.45, 7) is 1.67. The fourth-order valence-electron chi connectivity index (χ4n) is 1.55. The van der Waals surface area contributed by atoms with Crippen LogP contribution in [0, 0.1) is 0 Å². The van der Waals surface area contributed by atoms with Crippen LogP contribution in [0.5, 0.6) is 0 Å². The van der Waals surface area contributed by atoms with E-state index in [1.165, 1.54) is 10.4 Å². The van der Waals surface area contributed by atoms with E-state index in [4.69, 9.17) is 0 Å². The van der Waals surface area contributed by atoms with Gasteiger partial charge in [0, 0.05) is 18.0 Å². The second kappa shape index (κ2) is 3.80. The standard InChI is InChI=1S/C9H10BrNOS/c10-5-9(12)11-3-1-8-7(6-11)2-4-13-8/h2,4H,1,3,5-6H2. The van der Waals surface area contributed by atoms with Crippen LogP contribution in [0.1, 0.15) is 10.4 Å². The fraction of sp³-hybridized carbons (Fsp3) is 0.444. The van der Waals surface area contributed by atoms with Gasteiger partial charge in [-0.3, -0.25) is 4.79 Å². The Labute approximate surface area is 89.7 Å². The lowest BCUT2D eigenvalue weighted by atomic mass is 10.1. The van der Waals surface area contributed by atoms with Crippen molar-refractivity contribution in [3.05, 3.63) is 21.9 Å². The van der Waals surface area contributed by atoms with E-state index in [9.17, 15) is 4.79 Å². The first-order valence-electron chi connectivity index (χ1n) is 4.20. The maximum atomic E-state index is 11.4. The highest BCUT2D eigenvalue weighted by Crippen LogP contribution is 2.23. The Balaban J connectivity index is 2.13. The van der Waals surface area contributed by atoms with Crippen LogP contribution in [0.3, 0.4) is 0 Å². The monoisotopic (exact) mass is 259 g/mol. The molecule has 0 fully saturated rings. The zero-order valence-corrected chi connectivity index (χ0v) is 9.53. The summed E-state index contributed by atoms with van der Waals surface area (Å²) >= 11 is 4.99. The van der Waals surface area contributed by atoms with Crippen molar-refractivity contribution in [2.45, 2.75) is 13.0 Å². The number of carbonyl (C=O) groups is 1. The lowest BCUT2D eigenvalue weighted by Crippen LogP contribution is -2.35. The predicted molar refractivity (Wildman–Crippen MR) is 57.2 cm³/mol. The number of hydrogen-bond donors (Lipinski definition) is 0. The molecular weight excluding hydrogens is 250 g/mol. The largest absolute Gasteiger partial charge is 0.337 e. The topological polar surface area (TPSA) is 20.3 Å². The van der Waals surface area contributed by atoms with Gasteiger partial charge < -0.3 is 4.90 Å². The number of hydrogen-bond acceptors (Lipinski definition) is 2. The molecule has 13 heavy (non-hydrogen) atoms. The Hall–Kier alpha value is -0.350. The molecule has 0 bridgehead atoms. The van der Waals surface area contributed by atoms with E-state index in [1.807, 2.05) is 4.90 Å². The highest BCUT2D eigenvalue weighted by Gasteiger charge is 2.20. The lowest BCUT2D eigenvalue weighted by molar-refractivity contribution is -0.129. The number of fused-ring (bicyclic) bond motifs is 1. The minimum atomic E-state index is 0.192. The van der Waals surface area contributed by atoms with E-state index in [0.29, 0.717) is 5.33 Å². The molecule has 70 valence electrons. The number of amides is 1. The van der Waals surface area contributed by atoms with E-state index in [1.54, 1.807) is 11.3 Å². The molecule has 1 aromatic rings. The average molecular weight is 260 g/mol. The molecule has 1 aromatic heterocycles. The SMILES string of the molecule is O=C(CBr)N1CCc2sccc2C1. The average Bonchev–Trinajstić information content (AvgIpc) is 2.63. The second-order valence-electron chi connectivity index (χ2n) is 3.07. The molecule has 0 atom stereocenters. The summed E-state index contributed by atoms with van der Waals surface area (Å²) in [5, 5.41) is 2.54. The zero-order valence-electron chi connectivity index (χ0n) is 7.12. The summed E-state index contributed by atoms with van der Waals surface area (Å²) in [6, 6.07) is 2.12. The lowest BCUT2D eigenvalue weighted by Gasteiger charge is -2.26. The minimum absolute atomic E-state index is 0.192. The van der Waals surface area contributed by atoms with Crippen LogP contribution in [-0.2, 0) is 17.8 Å². The molecule has 0 radical (unpaired) electrons. The molecule has 1 aliphatic rings. The van der Waals surface area contributed by atoms with Crippen LogP contribution in [0.4, 0.5) is 0 Å².